The van der Waals surface area contributed by atoms with Gasteiger partial charge in [-0.25, -0.2) is 8.42 Å². The molecule has 2 aromatic rings. The number of allylic oxidation sites excluding steroid dienone is 4. The minimum absolute atomic E-state index is 0.0676. The van der Waals surface area contributed by atoms with E-state index < -0.39 is 27.7 Å². The van der Waals surface area contributed by atoms with E-state index in [0.29, 0.717) is 39.0 Å². The van der Waals surface area contributed by atoms with E-state index in [0.717, 1.165) is 0 Å². The molecule has 32 heavy (non-hydrogen) atoms. The van der Waals surface area contributed by atoms with Crippen LogP contribution >= 0.6 is 0 Å². The molecule has 0 bridgehead atoms. The Hall–Kier alpha value is -3.83. The normalized spacial score (nSPS) is 14.7. The van der Waals surface area contributed by atoms with Gasteiger partial charge in [0, 0.05) is 16.8 Å². The summed E-state index contributed by atoms with van der Waals surface area (Å²) in [7, 11) is -3.86. The van der Waals surface area contributed by atoms with Crippen LogP contribution in [0.25, 0.3) is 10.9 Å². The molecule has 10 nitrogen and oxygen atoms in total. The summed E-state index contributed by atoms with van der Waals surface area (Å²) in [6.45, 7) is 5.35. The maximum absolute atomic E-state index is 12.4. The summed E-state index contributed by atoms with van der Waals surface area (Å²) in [5.74, 6) is -1.57. The molecular weight excluding hydrogens is 432 g/mol. The molecule has 1 aliphatic heterocycles. The van der Waals surface area contributed by atoms with Gasteiger partial charge < -0.3 is 10.1 Å². The quantitative estimate of drug-likeness (QED) is 0.538. The molecule has 0 spiro atoms. The van der Waals surface area contributed by atoms with Crippen LogP contribution in [0.2, 0.25) is 0 Å². The van der Waals surface area contributed by atoms with Crippen LogP contribution in [-0.2, 0) is 19.6 Å². The first-order valence-corrected chi connectivity index (χ1v) is 11.5. The standard InChI is InChI=1S/C21H22N6O4S/c1-4-31-19(28)7-8-32(29,30)27-21-15-9-14(5-6-18(15)25-26-21)20-16(10-22)12(2)24-13(3)17(20)11-23/h5-6,9,20,24H,4,7-8H2,1-3H3,(H2,25,26,27). The Morgan fingerprint density at radius 3 is 2.47 bits per heavy atom. The lowest BCUT2D eigenvalue weighted by molar-refractivity contribution is -0.142. The topological polar surface area (TPSA) is 161 Å². The number of esters is 1. The van der Waals surface area contributed by atoms with E-state index in [1.165, 1.54) is 0 Å². The summed E-state index contributed by atoms with van der Waals surface area (Å²) in [6, 6.07) is 9.53. The Morgan fingerprint density at radius 1 is 1.22 bits per heavy atom. The highest BCUT2D eigenvalue weighted by Gasteiger charge is 2.30. The van der Waals surface area contributed by atoms with E-state index >= 15 is 0 Å². The number of carbonyl (C=O) groups is 1. The third-order valence-corrected chi connectivity index (χ3v) is 6.30. The van der Waals surface area contributed by atoms with Crippen LogP contribution in [-0.4, -0.2) is 36.9 Å². The number of fused-ring (bicyclic) bond motifs is 1. The number of anilines is 1. The highest BCUT2D eigenvalue weighted by atomic mass is 32.2. The van der Waals surface area contributed by atoms with Crippen molar-refractivity contribution in [1.29, 1.82) is 10.5 Å². The first kappa shape index (κ1) is 22.8. The summed E-state index contributed by atoms with van der Waals surface area (Å²) < 4.78 is 32.0. The molecule has 1 aromatic carbocycles. The molecule has 166 valence electrons. The molecular formula is C21H22N6O4S. The zero-order valence-corrected chi connectivity index (χ0v) is 18.6. The van der Waals surface area contributed by atoms with E-state index in [1.807, 2.05) is 0 Å². The van der Waals surface area contributed by atoms with Crippen LogP contribution in [0, 0.1) is 22.7 Å². The first-order chi connectivity index (χ1) is 15.2. The number of dihydropyridines is 1. The highest BCUT2D eigenvalue weighted by Crippen LogP contribution is 2.38. The van der Waals surface area contributed by atoms with Gasteiger partial charge in [-0.2, -0.15) is 15.6 Å². The zero-order chi connectivity index (χ0) is 23.5. The number of aromatic nitrogens is 2. The Kier molecular flexibility index (Phi) is 6.51. The molecule has 1 aliphatic rings. The average Bonchev–Trinajstić information content (AvgIpc) is 3.13. The number of hydrogen-bond donors (Lipinski definition) is 3. The molecule has 0 saturated heterocycles. The third-order valence-electron chi connectivity index (χ3n) is 5.05. The van der Waals surface area contributed by atoms with Crippen molar-refractivity contribution in [2.75, 3.05) is 17.1 Å². The molecule has 0 saturated carbocycles. The van der Waals surface area contributed by atoms with Crippen LogP contribution in [0.1, 0.15) is 38.7 Å². The Balaban J connectivity index is 1.97. The SMILES string of the molecule is CCOC(=O)CCS(=O)(=O)Nc1n[nH]c2ccc(C3C(C#N)=C(C)NC(C)=C3C#N)cc12. The second kappa shape index (κ2) is 9.12. The summed E-state index contributed by atoms with van der Waals surface area (Å²) in [4.78, 5) is 11.5. The lowest BCUT2D eigenvalue weighted by atomic mass is 9.81. The first-order valence-electron chi connectivity index (χ1n) is 9.83. The van der Waals surface area contributed by atoms with Gasteiger partial charge >= 0.3 is 5.97 Å². The van der Waals surface area contributed by atoms with Crippen molar-refractivity contribution in [3.8, 4) is 12.1 Å². The summed E-state index contributed by atoms with van der Waals surface area (Å²) in [5, 5.41) is 29.7. The minimum Gasteiger partial charge on any atom is -0.466 e. The smallest absolute Gasteiger partial charge is 0.306 e. The molecule has 0 radical (unpaired) electrons. The molecule has 0 amide bonds. The summed E-state index contributed by atoms with van der Waals surface area (Å²) in [5.41, 5.74) is 3.35. The Labute approximate surface area is 185 Å². The van der Waals surface area contributed by atoms with Gasteiger partial charge in [0.15, 0.2) is 5.82 Å². The average molecular weight is 455 g/mol. The van der Waals surface area contributed by atoms with Crippen LogP contribution < -0.4 is 10.0 Å². The van der Waals surface area contributed by atoms with Gasteiger partial charge in [0.05, 0.1) is 53.5 Å². The molecule has 11 heteroatoms. The third kappa shape index (κ3) is 4.58. The predicted molar refractivity (Wildman–Crippen MR) is 117 cm³/mol. The number of sulfonamides is 1. The minimum atomic E-state index is -3.86. The number of nitrogens with one attached hydrogen (secondary N) is 3. The number of ether oxygens (including phenoxy) is 1. The molecule has 3 rings (SSSR count). The molecule has 3 N–H and O–H groups in total. The maximum atomic E-state index is 12.4. The van der Waals surface area contributed by atoms with Crippen molar-refractivity contribution >= 4 is 32.7 Å². The second-order valence-corrected chi connectivity index (χ2v) is 9.05. The van der Waals surface area contributed by atoms with Gasteiger partial charge in [-0.1, -0.05) is 6.07 Å². The van der Waals surface area contributed by atoms with Gasteiger partial charge in [-0.3, -0.25) is 14.6 Å². The van der Waals surface area contributed by atoms with E-state index in [-0.39, 0.29) is 18.8 Å². The van der Waals surface area contributed by atoms with E-state index in [1.54, 1.807) is 39.0 Å². The molecule has 2 heterocycles. The number of aromatic amines is 1. The fourth-order valence-electron chi connectivity index (χ4n) is 3.56. The van der Waals surface area contributed by atoms with Crippen molar-refractivity contribution in [1.82, 2.24) is 15.5 Å². The van der Waals surface area contributed by atoms with Crippen LogP contribution in [0.3, 0.4) is 0 Å². The number of benzene rings is 1. The van der Waals surface area contributed by atoms with Crippen molar-refractivity contribution < 1.29 is 17.9 Å². The van der Waals surface area contributed by atoms with Gasteiger partial charge in [-0.15, -0.1) is 0 Å². The second-order valence-electron chi connectivity index (χ2n) is 7.21. The lowest BCUT2D eigenvalue weighted by Gasteiger charge is -2.26. The van der Waals surface area contributed by atoms with Crippen LogP contribution in [0.4, 0.5) is 5.82 Å². The van der Waals surface area contributed by atoms with E-state index in [4.69, 9.17) is 4.74 Å². The monoisotopic (exact) mass is 454 g/mol. The fraction of sp³-hybridized carbons (Fsp3) is 0.333. The molecule has 1 aromatic heterocycles. The largest absolute Gasteiger partial charge is 0.466 e. The fourth-order valence-corrected chi connectivity index (χ4v) is 4.55. The van der Waals surface area contributed by atoms with Crippen molar-refractivity contribution in [3.05, 3.63) is 46.3 Å². The van der Waals surface area contributed by atoms with Gasteiger partial charge in [0.25, 0.3) is 0 Å². The van der Waals surface area contributed by atoms with Gasteiger partial charge in [-0.05, 0) is 38.5 Å². The summed E-state index contributed by atoms with van der Waals surface area (Å²) >= 11 is 0. The molecule has 0 unspecified atom stereocenters. The van der Waals surface area contributed by atoms with Crippen molar-refractivity contribution in [3.63, 3.8) is 0 Å². The summed E-state index contributed by atoms with van der Waals surface area (Å²) in [6.07, 6.45) is -0.281. The lowest BCUT2D eigenvalue weighted by Crippen LogP contribution is -2.23. The van der Waals surface area contributed by atoms with Crippen molar-refractivity contribution in [2.45, 2.75) is 33.1 Å². The number of carbonyl (C=O) groups excluding carboxylic acids is 1. The van der Waals surface area contributed by atoms with Crippen LogP contribution in [0.5, 0.6) is 0 Å². The predicted octanol–water partition coefficient (Wildman–Crippen LogP) is 2.54. The van der Waals surface area contributed by atoms with Crippen LogP contribution in [0.15, 0.2) is 40.7 Å². The Bertz CT molecular complexity index is 1290. The maximum Gasteiger partial charge on any atom is 0.306 e. The zero-order valence-electron chi connectivity index (χ0n) is 17.8. The van der Waals surface area contributed by atoms with Crippen molar-refractivity contribution in [2.24, 2.45) is 0 Å². The number of rotatable bonds is 7. The van der Waals surface area contributed by atoms with E-state index in [2.05, 4.69) is 32.4 Å². The number of H-pyrrole nitrogens is 1. The molecule has 0 fully saturated rings. The molecule has 0 atom stereocenters. The number of nitriles is 2. The van der Waals surface area contributed by atoms with Gasteiger partial charge in [0.1, 0.15) is 0 Å². The number of nitrogens with zero attached hydrogens (tertiary/aromatic N) is 3. The Morgan fingerprint density at radius 2 is 1.88 bits per heavy atom. The van der Waals surface area contributed by atoms with Gasteiger partial charge in [0.2, 0.25) is 10.0 Å². The molecule has 0 aliphatic carbocycles. The van der Waals surface area contributed by atoms with E-state index in [9.17, 15) is 23.7 Å². The number of hydrogen-bond acceptors (Lipinski definition) is 8. The highest BCUT2D eigenvalue weighted by molar-refractivity contribution is 7.92.